The highest BCUT2D eigenvalue weighted by atomic mass is 35.5. The number of aromatic nitrogens is 1. The molecule has 0 aliphatic rings. The van der Waals surface area contributed by atoms with Crippen LogP contribution in [0.1, 0.15) is 35.1 Å². The number of carbonyl (C=O) groups is 1. The summed E-state index contributed by atoms with van der Waals surface area (Å²) in [6, 6.07) is 5.63. The number of pyridine rings is 1. The number of hydrogen-bond donors (Lipinski definition) is 2. The van der Waals surface area contributed by atoms with Gasteiger partial charge in [-0.2, -0.15) is 0 Å². The van der Waals surface area contributed by atoms with Crippen LogP contribution in [-0.2, 0) is 0 Å². The van der Waals surface area contributed by atoms with Crippen LogP contribution in [-0.4, -0.2) is 17.9 Å². The van der Waals surface area contributed by atoms with Crippen LogP contribution < -0.4 is 10.6 Å². The zero-order valence-electron chi connectivity index (χ0n) is 12.2. The van der Waals surface area contributed by atoms with Crippen LogP contribution in [0.15, 0.2) is 29.8 Å². The molecule has 0 saturated carbocycles. The molecule has 1 amide bonds. The maximum atomic E-state index is 12.4. The van der Waals surface area contributed by atoms with Gasteiger partial charge in [-0.3, -0.25) is 4.79 Å². The lowest BCUT2D eigenvalue weighted by Crippen LogP contribution is -2.31. The number of rotatable bonds is 5. The molecule has 2 aromatic rings. The number of hydrogen-bond acceptors (Lipinski definition) is 4. The normalized spacial score (nSPS) is 12.2. The molecule has 0 bridgehead atoms. The first-order valence-electron chi connectivity index (χ1n) is 6.70. The van der Waals surface area contributed by atoms with Gasteiger partial charge < -0.3 is 10.6 Å². The van der Waals surface area contributed by atoms with E-state index >= 15 is 0 Å². The number of nitrogens with one attached hydrogen (secondary N) is 2. The van der Waals surface area contributed by atoms with E-state index in [9.17, 15) is 4.79 Å². The summed E-state index contributed by atoms with van der Waals surface area (Å²) >= 11 is 7.71. The summed E-state index contributed by atoms with van der Waals surface area (Å²) in [6.45, 7) is 4.17. The van der Waals surface area contributed by atoms with Crippen molar-refractivity contribution in [1.29, 1.82) is 0 Å². The monoisotopic (exact) mass is 323 g/mol. The summed E-state index contributed by atoms with van der Waals surface area (Å²) in [4.78, 5) is 17.7. The molecule has 1 atom stereocenters. The van der Waals surface area contributed by atoms with Crippen LogP contribution in [0.2, 0.25) is 5.02 Å². The third-order valence-corrected chi connectivity index (χ3v) is 4.39. The predicted molar refractivity (Wildman–Crippen MR) is 88.2 cm³/mol. The third-order valence-electron chi connectivity index (χ3n) is 3.14. The Labute approximate surface area is 133 Å². The fourth-order valence-corrected chi connectivity index (χ4v) is 3.22. The second-order valence-corrected chi connectivity index (χ2v) is 6.40. The maximum absolute atomic E-state index is 12.4. The molecule has 112 valence electrons. The van der Waals surface area contributed by atoms with Crippen molar-refractivity contribution in [3.8, 4) is 0 Å². The Kier molecular flexibility index (Phi) is 5.20. The minimum atomic E-state index is -0.167. The molecule has 0 aliphatic carbocycles. The van der Waals surface area contributed by atoms with Crippen LogP contribution in [0.3, 0.4) is 0 Å². The van der Waals surface area contributed by atoms with Gasteiger partial charge in [-0.05, 0) is 23.4 Å². The molecule has 0 fully saturated rings. The van der Waals surface area contributed by atoms with Gasteiger partial charge in [0.25, 0.3) is 5.91 Å². The third kappa shape index (κ3) is 3.74. The van der Waals surface area contributed by atoms with Gasteiger partial charge in [0.15, 0.2) is 0 Å². The molecule has 0 radical (unpaired) electrons. The smallest absolute Gasteiger partial charge is 0.253 e. The van der Waals surface area contributed by atoms with Crippen molar-refractivity contribution in [3.05, 3.63) is 45.2 Å². The van der Waals surface area contributed by atoms with Gasteiger partial charge in [0.1, 0.15) is 5.82 Å². The van der Waals surface area contributed by atoms with Crippen molar-refractivity contribution >= 4 is 34.7 Å². The van der Waals surface area contributed by atoms with Gasteiger partial charge in [-0.1, -0.05) is 31.5 Å². The second kappa shape index (κ2) is 6.91. The Morgan fingerprint density at radius 2 is 2.19 bits per heavy atom. The summed E-state index contributed by atoms with van der Waals surface area (Å²) in [7, 11) is 1.74. The maximum Gasteiger partial charge on any atom is 0.253 e. The minimum Gasteiger partial charge on any atom is -0.372 e. The molecule has 1 unspecified atom stereocenters. The molecular formula is C15H18ClN3OS. The van der Waals surface area contributed by atoms with Crippen LogP contribution in [0.4, 0.5) is 5.82 Å². The lowest BCUT2D eigenvalue weighted by atomic mass is 10.0. The van der Waals surface area contributed by atoms with Gasteiger partial charge >= 0.3 is 0 Å². The van der Waals surface area contributed by atoms with Crippen molar-refractivity contribution < 1.29 is 4.79 Å². The zero-order valence-corrected chi connectivity index (χ0v) is 13.8. The van der Waals surface area contributed by atoms with E-state index in [1.165, 1.54) is 6.20 Å². The molecule has 2 aromatic heterocycles. The van der Waals surface area contributed by atoms with Crippen LogP contribution in [0.5, 0.6) is 0 Å². The first kappa shape index (κ1) is 15.8. The Bertz CT molecular complexity index is 613. The highest BCUT2D eigenvalue weighted by molar-refractivity contribution is 7.10. The van der Waals surface area contributed by atoms with Crippen LogP contribution >= 0.6 is 22.9 Å². The molecule has 2 rings (SSSR count). The van der Waals surface area contributed by atoms with E-state index in [1.807, 2.05) is 17.5 Å². The molecular weight excluding hydrogens is 306 g/mol. The second-order valence-electron chi connectivity index (χ2n) is 5.01. The molecule has 2 N–H and O–H groups in total. The van der Waals surface area contributed by atoms with Gasteiger partial charge in [-0.25, -0.2) is 4.98 Å². The zero-order chi connectivity index (χ0) is 15.4. The number of carbonyl (C=O) groups excluding carboxylic acids is 1. The topological polar surface area (TPSA) is 54.0 Å². The van der Waals surface area contributed by atoms with Crippen molar-refractivity contribution in [1.82, 2.24) is 10.3 Å². The van der Waals surface area contributed by atoms with E-state index in [2.05, 4.69) is 29.5 Å². The number of thiophene rings is 1. The van der Waals surface area contributed by atoms with E-state index in [0.29, 0.717) is 22.3 Å². The van der Waals surface area contributed by atoms with Gasteiger partial charge in [0.05, 0.1) is 16.6 Å². The van der Waals surface area contributed by atoms with Crippen molar-refractivity contribution in [2.75, 3.05) is 12.4 Å². The summed E-state index contributed by atoms with van der Waals surface area (Å²) in [5, 5.41) is 8.37. The summed E-state index contributed by atoms with van der Waals surface area (Å²) in [6.07, 6.45) is 1.53. The van der Waals surface area contributed by atoms with Crippen molar-refractivity contribution in [2.45, 2.75) is 19.9 Å². The predicted octanol–water partition coefficient (Wildman–Crippen LogP) is 3.97. The fraction of sp³-hybridized carbons (Fsp3) is 0.333. The SMILES string of the molecule is CNc1ncc(C(=O)NC(c2cccs2)C(C)C)cc1Cl. The van der Waals surface area contributed by atoms with Crippen molar-refractivity contribution in [3.63, 3.8) is 0 Å². The average Bonchev–Trinajstić information content (AvgIpc) is 2.97. The minimum absolute atomic E-state index is 0.0137. The standard InChI is InChI=1S/C15H18ClN3OS/c1-9(2)13(12-5-4-6-21-12)19-15(20)10-7-11(16)14(17-3)18-8-10/h4-9,13H,1-3H3,(H,17,18)(H,19,20). The Morgan fingerprint density at radius 3 is 2.71 bits per heavy atom. The van der Waals surface area contributed by atoms with Crippen molar-refractivity contribution in [2.24, 2.45) is 5.92 Å². The van der Waals surface area contributed by atoms with E-state index in [1.54, 1.807) is 24.5 Å². The Balaban J connectivity index is 2.18. The van der Waals surface area contributed by atoms with E-state index in [0.717, 1.165) is 4.88 Å². The lowest BCUT2D eigenvalue weighted by Gasteiger charge is -2.21. The molecule has 0 aromatic carbocycles. The van der Waals surface area contributed by atoms with Gasteiger partial charge in [0.2, 0.25) is 0 Å². The van der Waals surface area contributed by atoms with Crippen LogP contribution in [0.25, 0.3) is 0 Å². The van der Waals surface area contributed by atoms with E-state index in [4.69, 9.17) is 11.6 Å². The number of anilines is 1. The molecule has 21 heavy (non-hydrogen) atoms. The number of halogens is 1. The molecule has 0 aliphatic heterocycles. The van der Waals surface area contributed by atoms with Gasteiger partial charge in [-0.15, -0.1) is 11.3 Å². The first-order chi connectivity index (χ1) is 10.0. The molecule has 2 heterocycles. The molecule has 4 nitrogen and oxygen atoms in total. The van der Waals surface area contributed by atoms with E-state index in [-0.39, 0.29) is 11.9 Å². The number of nitrogens with zero attached hydrogens (tertiary/aromatic N) is 1. The Hall–Kier alpha value is -1.59. The lowest BCUT2D eigenvalue weighted by molar-refractivity contribution is 0.0926. The van der Waals surface area contributed by atoms with Crippen LogP contribution in [0, 0.1) is 5.92 Å². The van der Waals surface area contributed by atoms with Gasteiger partial charge in [0, 0.05) is 18.1 Å². The quantitative estimate of drug-likeness (QED) is 0.875. The molecule has 0 saturated heterocycles. The summed E-state index contributed by atoms with van der Waals surface area (Å²) < 4.78 is 0. The van der Waals surface area contributed by atoms with E-state index < -0.39 is 0 Å². The highest BCUT2D eigenvalue weighted by Gasteiger charge is 2.20. The largest absolute Gasteiger partial charge is 0.372 e. The summed E-state index contributed by atoms with van der Waals surface area (Å²) in [5.41, 5.74) is 0.459. The number of amides is 1. The molecule has 0 spiro atoms. The fourth-order valence-electron chi connectivity index (χ4n) is 2.01. The summed E-state index contributed by atoms with van der Waals surface area (Å²) in [5.74, 6) is 0.693. The molecule has 6 heteroatoms. The average molecular weight is 324 g/mol. The Morgan fingerprint density at radius 1 is 1.43 bits per heavy atom. The first-order valence-corrected chi connectivity index (χ1v) is 7.96. The highest BCUT2D eigenvalue weighted by Crippen LogP contribution is 2.26.